The largest absolute Gasteiger partial charge is 0.495 e. The fourth-order valence-corrected chi connectivity index (χ4v) is 2.06. The van der Waals surface area contributed by atoms with E-state index in [2.05, 4.69) is 10.4 Å². The van der Waals surface area contributed by atoms with Gasteiger partial charge in [0.2, 0.25) is 0 Å². The van der Waals surface area contributed by atoms with E-state index in [1.165, 1.54) is 0 Å². The molecule has 0 aliphatic rings. The minimum atomic E-state index is -0.219. The lowest BCUT2D eigenvalue weighted by atomic mass is 10.2. The Morgan fingerprint density at radius 3 is 2.76 bits per heavy atom. The highest BCUT2D eigenvalue weighted by atomic mass is 16.5. The van der Waals surface area contributed by atoms with E-state index in [1.54, 1.807) is 31.0 Å². The lowest BCUT2D eigenvalue weighted by molar-refractivity contribution is 0.101. The molecule has 6 nitrogen and oxygen atoms in total. The maximum Gasteiger partial charge on any atom is 0.274 e. The van der Waals surface area contributed by atoms with Crippen molar-refractivity contribution in [2.45, 2.75) is 19.9 Å². The van der Waals surface area contributed by atoms with Crippen LogP contribution in [0.3, 0.4) is 0 Å². The van der Waals surface area contributed by atoms with Gasteiger partial charge in [0.1, 0.15) is 11.4 Å². The van der Waals surface area contributed by atoms with Crippen molar-refractivity contribution in [1.29, 1.82) is 0 Å². The summed E-state index contributed by atoms with van der Waals surface area (Å²) in [6.45, 7) is 2.42. The zero-order valence-electron chi connectivity index (χ0n) is 12.5. The van der Waals surface area contributed by atoms with Crippen LogP contribution in [0.5, 0.6) is 5.75 Å². The number of carbonyl (C=O) groups excluding carboxylic acids is 1. The van der Waals surface area contributed by atoms with Gasteiger partial charge >= 0.3 is 0 Å². The Labute approximate surface area is 123 Å². The summed E-state index contributed by atoms with van der Waals surface area (Å²) >= 11 is 0. The van der Waals surface area contributed by atoms with Crippen molar-refractivity contribution in [3.05, 3.63) is 41.2 Å². The van der Waals surface area contributed by atoms with Crippen molar-refractivity contribution in [1.82, 2.24) is 9.78 Å². The maximum absolute atomic E-state index is 12.3. The Balaban J connectivity index is 2.24. The first-order valence-electron chi connectivity index (χ1n) is 6.80. The summed E-state index contributed by atoms with van der Waals surface area (Å²) in [6.07, 6.45) is 0.787. The van der Waals surface area contributed by atoms with E-state index >= 15 is 0 Å². The van der Waals surface area contributed by atoms with Crippen molar-refractivity contribution >= 4 is 11.6 Å². The lowest BCUT2D eigenvalue weighted by Gasteiger charge is -2.11. The smallest absolute Gasteiger partial charge is 0.274 e. The van der Waals surface area contributed by atoms with E-state index in [0.717, 1.165) is 17.7 Å². The number of methoxy groups -OCH3 is 1. The highest BCUT2D eigenvalue weighted by molar-refractivity contribution is 6.04. The number of hydrogen-bond donors (Lipinski definition) is 2. The zero-order valence-corrected chi connectivity index (χ0v) is 12.5. The molecule has 0 bridgehead atoms. The number of carbonyl (C=O) groups is 1. The molecule has 0 spiro atoms. The predicted molar refractivity (Wildman–Crippen MR) is 81.4 cm³/mol. The van der Waals surface area contributed by atoms with E-state index in [9.17, 15) is 4.79 Å². The summed E-state index contributed by atoms with van der Waals surface area (Å²) in [4.78, 5) is 12.3. The molecule has 21 heavy (non-hydrogen) atoms. The van der Waals surface area contributed by atoms with Crippen LogP contribution in [-0.2, 0) is 20.0 Å². The number of amides is 1. The number of nitrogens with zero attached hydrogens (tertiary/aromatic N) is 2. The van der Waals surface area contributed by atoms with Crippen LogP contribution in [0.1, 0.15) is 28.7 Å². The second kappa shape index (κ2) is 6.41. The third-order valence-corrected chi connectivity index (χ3v) is 3.28. The summed E-state index contributed by atoms with van der Waals surface area (Å²) in [5.41, 5.74) is 8.55. The van der Waals surface area contributed by atoms with Crippen LogP contribution in [0.4, 0.5) is 5.69 Å². The molecule has 6 heteroatoms. The Morgan fingerprint density at radius 2 is 2.19 bits per heavy atom. The van der Waals surface area contributed by atoms with Crippen molar-refractivity contribution in [2.75, 3.05) is 12.4 Å². The highest BCUT2D eigenvalue weighted by Gasteiger charge is 2.15. The van der Waals surface area contributed by atoms with Gasteiger partial charge in [-0.05, 0) is 30.2 Å². The molecule has 1 amide bonds. The molecule has 2 aromatic rings. The van der Waals surface area contributed by atoms with Crippen LogP contribution in [-0.4, -0.2) is 22.8 Å². The molecule has 0 atom stereocenters. The number of nitrogens with one attached hydrogen (secondary N) is 1. The van der Waals surface area contributed by atoms with E-state index in [1.807, 2.05) is 19.1 Å². The van der Waals surface area contributed by atoms with Crippen molar-refractivity contribution < 1.29 is 9.53 Å². The number of aryl methyl sites for hydroxylation is 2. The van der Waals surface area contributed by atoms with E-state index in [0.29, 0.717) is 23.7 Å². The summed E-state index contributed by atoms with van der Waals surface area (Å²) < 4.78 is 6.87. The van der Waals surface area contributed by atoms with Gasteiger partial charge in [0, 0.05) is 13.6 Å². The molecular formula is C15H20N4O2. The quantitative estimate of drug-likeness (QED) is 0.877. The molecule has 1 aromatic heterocycles. The molecule has 1 heterocycles. The van der Waals surface area contributed by atoms with E-state index < -0.39 is 0 Å². The molecule has 0 radical (unpaired) electrons. The molecule has 0 fully saturated rings. The van der Waals surface area contributed by atoms with Crippen LogP contribution in [0.25, 0.3) is 0 Å². The average molecular weight is 288 g/mol. The summed E-state index contributed by atoms with van der Waals surface area (Å²) in [5.74, 6) is 0.368. The summed E-state index contributed by atoms with van der Waals surface area (Å²) in [7, 11) is 3.31. The van der Waals surface area contributed by atoms with Crippen molar-refractivity contribution in [3.8, 4) is 5.75 Å². The van der Waals surface area contributed by atoms with Gasteiger partial charge in [0.15, 0.2) is 0 Å². The number of ether oxygens (including phenoxy) is 1. The van der Waals surface area contributed by atoms with E-state index in [4.69, 9.17) is 10.5 Å². The van der Waals surface area contributed by atoms with Gasteiger partial charge in [-0.1, -0.05) is 13.0 Å². The van der Waals surface area contributed by atoms with E-state index in [-0.39, 0.29) is 5.91 Å². The van der Waals surface area contributed by atoms with Gasteiger partial charge in [-0.15, -0.1) is 0 Å². The molecule has 0 saturated carbocycles. The number of hydrogen-bond acceptors (Lipinski definition) is 4. The number of aromatic nitrogens is 2. The first kappa shape index (κ1) is 15.1. The fourth-order valence-electron chi connectivity index (χ4n) is 2.06. The molecule has 3 N–H and O–H groups in total. The second-order valence-electron chi connectivity index (χ2n) is 4.69. The predicted octanol–water partition coefficient (Wildman–Crippen LogP) is 1.70. The second-order valence-corrected chi connectivity index (χ2v) is 4.69. The van der Waals surface area contributed by atoms with Crippen LogP contribution < -0.4 is 15.8 Å². The highest BCUT2D eigenvalue weighted by Crippen LogP contribution is 2.26. The fraction of sp³-hybridized carbons (Fsp3) is 0.333. The van der Waals surface area contributed by atoms with Crippen LogP contribution >= 0.6 is 0 Å². The number of rotatable bonds is 5. The Morgan fingerprint density at radius 1 is 1.43 bits per heavy atom. The molecule has 1 aromatic carbocycles. The van der Waals surface area contributed by atoms with Gasteiger partial charge in [-0.2, -0.15) is 5.10 Å². The molecular weight excluding hydrogens is 268 g/mol. The number of nitrogens with two attached hydrogens (primary N) is 1. The van der Waals surface area contributed by atoms with Gasteiger partial charge in [-0.25, -0.2) is 0 Å². The maximum atomic E-state index is 12.3. The molecule has 0 aliphatic carbocycles. The molecule has 112 valence electrons. The molecule has 0 aliphatic heterocycles. The van der Waals surface area contributed by atoms with Crippen molar-refractivity contribution in [3.63, 3.8) is 0 Å². The first-order chi connectivity index (χ1) is 10.1. The number of anilines is 1. The Kier molecular flexibility index (Phi) is 4.59. The molecule has 0 saturated heterocycles. The summed E-state index contributed by atoms with van der Waals surface area (Å²) in [6, 6.07) is 7.25. The minimum Gasteiger partial charge on any atom is -0.495 e. The van der Waals surface area contributed by atoms with Gasteiger partial charge in [0.05, 0.1) is 18.5 Å². The average Bonchev–Trinajstić information content (AvgIpc) is 2.88. The summed E-state index contributed by atoms with van der Waals surface area (Å²) in [5, 5.41) is 7.11. The van der Waals surface area contributed by atoms with Gasteiger partial charge in [0.25, 0.3) is 5.91 Å². The monoisotopic (exact) mass is 288 g/mol. The Hall–Kier alpha value is -2.34. The van der Waals surface area contributed by atoms with Gasteiger partial charge in [-0.3, -0.25) is 9.48 Å². The topological polar surface area (TPSA) is 82.2 Å². The lowest BCUT2D eigenvalue weighted by Crippen LogP contribution is -2.16. The van der Waals surface area contributed by atoms with Crippen LogP contribution in [0.2, 0.25) is 0 Å². The third kappa shape index (κ3) is 3.22. The van der Waals surface area contributed by atoms with Crippen LogP contribution in [0, 0.1) is 0 Å². The Bertz CT molecular complexity index is 649. The van der Waals surface area contributed by atoms with Gasteiger partial charge < -0.3 is 15.8 Å². The minimum absolute atomic E-state index is 0.219. The first-order valence-corrected chi connectivity index (χ1v) is 6.80. The standard InChI is InChI=1S/C15H20N4O2/c1-4-11-8-13(19(2)18-11)15(20)17-12-6-5-10(9-16)7-14(12)21-3/h5-8H,4,9,16H2,1-3H3,(H,17,20). The van der Waals surface area contributed by atoms with Crippen molar-refractivity contribution in [2.24, 2.45) is 12.8 Å². The molecule has 0 unspecified atom stereocenters. The van der Waals surface area contributed by atoms with Crippen LogP contribution in [0.15, 0.2) is 24.3 Å². The zero-order chi connectivity index (χ0) is 15.4. The normalized spacial score (nSPS) is 10.5. The SMILES string of the molecule is CCc1cc(C(=O)Nc2ccc(CN)cc2OC)n(C)n1. The number of benzene rings is 1. The molecule has 2 rings (SSSR count). The third-order valence-electron chi connectivity index (χ3n) is 3.28.